The van der Waals surface area contributed by atoms with Crippen LogP contribution in [0.3, 0.4) is 0 Å². The molecule has 3 aliphatic carbocycles. The van der Waals surface area contributed by atoms with Crippen molar-refractivity contribution in [2.75, 3.05) is 13.1 Å². The lowest BCUT2D eigenvalue weighted by Crippen LogP contribution is -2.62. The summed E-state index contributed by atoms with van der Waals surface area (Å²) >= 11 is 0. The van der Waals surface area contributed by atoms with E-state index in [9.17, 15) is 0 Å². The van der Waals surface area contributed by atoms with Gasteiger partial charge in [-0.1, -0.05) is 61.7 Å². The van der Waals surface area contributed by atoms with Crippen molar-refractivity contribution in [1.82, 2.24) is 9.88 Å². The molecule has 0 aromatic heterocycles. The van der Waals surface area contributed by atoms with E-state index in [-0.39, 0.29) is 5.66 Å². The van der Waals surface area contributed by atoms with Gasteiger partial charge in [0.2, 0.25) is 0 Å². The van der Waals surface area contributed by atoms with Crippen molar-refractivity contribution in [3.05, 3.63) is 48.6 Å². The molecule has 23 heavy (non-hydrogen) atoms. The minimum absolute atomic E-state index is 0.145. The van der Waals surface area contributed by atoms with Crippen LogP contribution in [0.2, 0.25) is 18.6 Å². The van der Waals surface area contributed by atoms with Crippen LogP contribution in [0.25, 0.3) is 0 Å². The lowest BCUT2D eigenvalue weighted by molar-refractivity contribution is 0.248. The Morgan fingerprint density at radius 1 is 0.870 bits per heavy atom. The predicted molar refractivity (Wildman–Crippen MR) is 101 cm³/mol. The number of hydrogen-bond acceptors (Lipinski definition) is 2. The van der Waals surface area contributed by atoms with E-state index in [1.807, 2.05) is 0 Å². The summed E-state index contributed by atoms with van der Waals surface area (Å²) in [6, 6.07) is 0. The highest BCUT2D eigenvalue weighted by Gasteiger charge is 2.57. The van der Waals surface area contributed by atoms with E-state index < -0.39 is 8.24 Å². The molecule has 0 aromatic rings. The summed E-state index contributed by atoms with van der Waals surface area (Å²) < 4.78 is 2.85. The monoisotopic (exact) mass is 326 g/mol. The molecule has 1 saturated carbocycles. The average Bonchev–Trinajstić information content (AvgIpc) is 3.05. The highest BCUT2D eigenvalue weighted by molar-refractivity contribution is 6.76. The fourth-order valence-corrected chi connectivity index (χ4v) is 11.1. The Morgan fingerprint density at radius 3 is 1.78 bits per heavy atom. The Morgan fingerprint density at radius 2 is 1.35 bits per heavy atom. The normalized spacial score (nSPS) is 41.3. The summed E-state index contributed by atoms with van der Waals surface area (Å²) in [4.78, 5) is 0. The van der Waals surface area contributed by atoms with E-state index in [1.165, 1.54) is 6.54 Å². The third kappa shape index (κ3) is 2.28. The van der Waals surface area contributed by atoms with Crippen molar-refractivity contribution in [2.45, 2.75) is 38.1 Å². The fourth-order valence-electron chi connectivity index (χ4n) is 6.01. The van der Waals surface area contributed by atoms with Crippen LogP contribution in [-0.2, 0) is 0 Å². The van der Waals surface area contributed by atoms with Crippen LogP contribution in [0, 0.1) is 23.7 Å². The standard InChI is InChI=1S/C20H30N2Si/c1-20(2)21-13-14-22(20)23(3,4)19-17-11-7-5-9-15(17)16-10-6-8-12-18(16)19/h5-12,15-19,21H,13-14H2,1-4H3. The fraction of sp³-hybridized carbons (Fsp3) is 0.600. The lowest BCUT2D eigenvalue weighted by atomic mass is 9.83. The van der Waals surface area contributed by atoms with Crippen molar-refractivity contribution in [2.24, 2.45) is 23.7 Å². The maximum atomic E-state index is 3.72. The maximum absolute atomic E-state index is 3.72. The molecule has 1 aliphatic heterocycles. The third-order valence-corrected chi connectivity index (χ3v) is 11.4. The molecule has 0 spiro atoms. The Kier molecular flexibility index (Phi) is 3.60. The SMILES string of the molecule is CC1(C)NCCN1[Si](C)(C)C1C2C=CC=CC2C2C=CC=CC21. The molecule has 0 bridgehead atoms. The van der Waals surface area contributed by atoms with Crippen LogP contribution in [0.1, 0.15) is 13.8 Å². The lowest BCUT2D eigenvalue weighted by Gasteiger charge is -2.49. The zero-order valence-corrected chi connectivity index (χ0v) is 15.9. The van der Waals surface area contributed by atoms with Crippen LogP contribution in [-0.4, -0.2) is 31.6 Å². The zero-order chi connectivity index (χ0) is 16.2. The maximum Gasteiger partial charge on any atom is 0.128 e. The molecule has 4 aliphatic rings. The second-order valence-corrected chi connectivity index (χ2v) is 13.2. The van der Waals surface area contributed by atoms with Gasteiger partial charge in [-0.3, -0.25) is 5.32 Å². The van der Waals surface area contributed by atoms with Crippen LogP contribution in [0.4, 0.5) is 0 Å². The van der Waals surface area contributed by atoms with Gasteiger partial charge in [-0.15, -0.1) is 0 Å². The minimum atomic E-state index is -1.59. The van der Waals surface area contributed by atoms with Crippen molar-refractivity contribution in [3.8, 4) is 0 Å². The van der Waals surface area contributed by atoms with Gasteiger partial charge in [0.15, 0.2) is 0 Å². The minimum Gasteiger partial charge on any atom is -0.306 e. The van der Waals surface area contributed by atoms with Crippen molar-refractivity contribution >= 4 is 8.24 Å². The number of nitrogens with zero attached hydrogens (tertiary/aromatic N) is 1. The van der Waals surface area contributed by atoms with Gasteiger partial charge in [-0.05, 0) is 43.1 Å². The second kappa shape index (κ2) is 5.30. The molecule has 2 nitrogen and oxygen atoms in total. The first-order valence-electron chi connectivity index (χ1n) is 9.16. The molecule has 0 amide bonds. The summed E-state index contributed by atoms with van der Waals surface area (Å²) in [5.41, 5.74) is 0.935. The van der Waals surface area contributed by atoms with Gasteiger partial charge in [0, 0.05) is 13.1 Å². The van der Waals surface area contributed by atoms with Gasteiger partial charge < -0.3 is 4.57 Å². The number of fused-ring (bicyclic) bond motifs is 3. The summed E-state index contributed by atoms with van der Waals surface area (Å²) in [7, 11) is -1.59. The molecule has 124 valence electrons. The van der Waals surface area contributed by atoms with Gasteiger partial charge in [0.05, 0.1) is 5.66 Å². The summed E-state index contributed by atoms with van der Waals surface area (Å²) in [5, 5.41) is 3.72. The first kappa shape index (κ1) is 15.6. The Labute approximate surface area is 142 Å². The van der Waals surface area contributed by atoms with E-state index >= 15 is 0 Å². The van der Waals surface area contributed by atoms with Gasteiger partial charge in [-0.25, -0.2) is 0 Å². The molecule has 0 aromatic carbocycles. The second-order valence-electron chi connectivity index (χ2n) is 8.67. The molecule has 1 saturated heterocycles. The third-order valence-electron chi connectivity index (χ3n) is 6.80. The van der Waals surface area contributed by atoms with E-state index in [2.05, 4.69) is 85.4 Å². The summed E-state index contributed by atoms with van der Waals surface area (Å²) in [5.74, 6) is 2.81. The summed E-state index contributed by atoms with van der Waals surface area (Å²) in [6.07, 6.45) is 19.1. The molecular formula is C20H30N2Si. The largest absolute Gasteiger partial charge is 0.306 e. The summed E-state index contributed by atoms with van der Waals surface area (Å²) in [6.45, 7) is 12.3. The van der Waals surface area contributed by atoms with Crippen LogP contribution < -0.4 is 5.32 Å². The van der Waals surface area contributed by atoms with Gasteiger partial charge in [0.1, 0.15) is 8.24 Å². The van der Waals surface area contributed by atoms with Gasteiger partial charge >= 0.3 is 0 Å². The number of rotatable bonds is 2. The first-order chi connectivity index (χ1) is 10.9. The quantitative estimate of drug-likeness (QED) is 0.773. The highest BCUT2D eigenvalue weighted by atomic mass is 28.3. The van der Waals surface area contributed by atoms with E-state index in [1.54, 1.807) is 0 Å². The molecule has 2 fully saturated rings. The Hall–Kier alpha value is -0.903. The number of nitrogens with one attached hydrogen (secondary N) is 1. The zero-order valence-electron chi connectivity index (χ0n) is 14.9. The van der Waals surface area contributed by atoms with Crippen molar-refractivity contribution in [1.29, 1.82) is 0 Å². The smallest absolute Gasteiger partial charge is 0.128 e. The first-order valence-corrected chi connectivity index (χ1v) is 12.2. The predicted octanol–water partition coefficient (Wildman–Crippen LogP) is 3.93. The molecule has 4 rings (SSSR count). The number of allylic oxidation sites excluding steroid dienone is 8. The van der Waals surface area contributed by atoms with Crippen molar-refractivity contribution < 1.29 is 0 Å². The van der Waals surface area contributed by atoms with E-state index in [0.717, 1.165) is 12.1 Å². The molecule has 1 heterocycles. The molecular weight excluding hydrogens is 296 g/mol. The average molecular weight is 327 g/mol. The van der Waals surface area contributed by atoms with E-state index in [4.69, 9.17) is 0 Å². The van der Waals surface area contributed by atoms with Crippen molar-refractivity contribution in [3.63, 3.8) is 0 Å². The van der Waals surface area contributed by atoms with E-state index in [0.29, 0.717) is 23.7 Å². The van der Waals surface area contributed by atoms with Gasteiger partial charge in [0.25, 0.3) is 0 Å². The topological polar surface area (TPSA) is 15.3 Å². The molecule has 0 radical (unpaired) electrons. The van der Waals surface area contributed by atoms with Crippen LogP contribution in [0.5, 0.6) is 0 Å². The van der Waals surface area contributed by atoms with Gasteiger partial charge in [-0.2, -0.15) is 0 Å². The van der Waals surface area contributed by atoms with Crippen LogP contribution in [0.15, 0.2) is 48.6 Å². The Bertz CT molecular complexity index is 565. The molecule has 4 unspecified atom stereocenters. The van der Waals surface area contributed by atoms with Crippen LogP contribution >= 0.6 is 0 Å². The number of hydrogen-bond donors (Lipinski definition) is 1. The molecule has 1 N–H and O–H groups in total. The molecule has 3 heteroatoms. The molecule has 4 atom stereocenters. The Balaban J connectivity index is 1.74. The highest BCUT2D eigenvalue weighted by Crippen LogP contribution is 2.58.